The molecule has 0 saturated carbocycles. The summed E-state index contributed by atoms with van der Waals surface area (Å²) in [7, 11) is 0. The largest absolute Gasteiger partial charge is 0.461 e. The number of likely N-dealkylation sites (N-methyl/N-ethyl adjacent to an activating group) is 2. The number of carbonyl (C=O) groups is 1. The van der Waals surface area contributed by atoms with E-state index in [4.69, 9.17) is 4.42 Å². The maximum Gasteiger partial charge on any atom is 0.258 e. The van der Waals surface area contributed by atoms with E-state index >= 15 is 0 Å². The van der Waals surface area contributed by atoms with Crippen LogP contribution in [-0.2, 0) is 0 Å². The molecule has 3 rings (SSSR count). The summed E-state index contributed by atoms with van der Waals surface area (Å²) in [5.41, 5.74) is 1.52. The van der Waals surface area contributed by atoms with Crippen molar-refractivity contribution in [3.05, 3.63) is 35.6 Å². The molecule has 1 amide bonds. The Labute approximate surface area is 138 Å². The summed E-state index contributed by atoms with van der Waals surface area (Å²) in [5, 5.41) is 0.923. The van der Waals surface area contributed by atoms with Crippen molar-refractivity contribution < 1.29 is 9.21 Å². The lowest BCUT2D eigenvalue weighted by atomic mass is 10.1. The van der Waals surface area contributed by atoms with E-state index in [1.165, 1.54) is 12.8 Å². The second kappa shape index (κ2) is 6.75. The topological polar surface area (TPSA) is 36.7 Å². The second-order valence-corrected chi connectivity index (χ2v) is 6.30. The number of furan rings is 1. The smallest absolute Gasteiger partial charge is 0.258 e. The first kappa shape index (κ1) is 16.1. The van der Waals surface area contributed by atoms with E-state index in [9.17, 15) is 4.79 Å². The molecular formula is C19H26N2O2. The lowest BCUT2D eigenvalue weighted by Crippen LogP contribution is -2.43. The van der Waals surface area contributed by atoms with E-state index in [1.807, 2.05) is 36.1 Å². The van der Waals surface area contributed by atoms with Crippen LogP contribution in [0.1, 0.15) is 42.8 Å². The molecule has 1 aromatic carbocycles. The van der Waals surface area contributed by atoms with Gasteiger partial charge in [-0.2, -0.15) is 0 Å². The third kappa shape index (κ3) is 3.00. The summed E-state index contributed by atoms with van der Waals surface area (Å²) in [5.74, 6) is 0.811. The molecule has 4 nitrogen and oxygen atoms in total. The van der Waals surface area contributed by atoms with Gasteiger partial charge in [0.15, 0.2) is 0 Å². The minimum Gasteiger partial charge on any atom is -0.461 e. The van der Waals surface area contributed by atoms with Crippen LogP contribution in [-0.4, -0.2) is 47.9 Å². The highest BCUT2D eigenvalue weighted by Crippen LogP contribution is 2.27. The van der Waals surface area contributed by atoms with Crippen molar-refractivity contribution >= 4 is 16.9 Å². The maximum atomic E-state index is 13.1. The molecule has 1 aromatic heterocycles. The van der Waals surface area contributed by atoms with Crippen LogP contribution in [0.5, 0.6) is 0 Å². The number of likely N-dealkylation sites (tertiary alicyclic amines) is 1. The summed E-state index contributed by atoms with van der Waals surface area (Å²) in [6.07, 6.45) is 2.42. The standard InChI is InChI=1S/C19H26N2O2/c1-4-20-12-8-9-15(20)13-21(5-2)19(22)18-14(3)23-17-11-7-6-10-16(17)18/h6-7,10-11,15H,4-5,8-9,12-13H2,1-3H3. The fraction of sp³-hybridized carbons (Fsp3) is 0.526. The van der Waals surface area contributed by atoms with Crippen LogP contribution >= 0.6 is 0 Å². The molecule has 1 aliphatic rings. The summed E-state index contributed by atoms with van der Waals surface area (Å²) in [6, 6.07) is 8.28. The van der Waals surface area contributed by atoms with Gasteiger partial charge in [0.05, 0.1) is 5.56 Å². The molecular weight excluding hydrogens is 288 g/mol. The Hall–Kier alpha value is -1.81. The Bertz CT molecular complexity index is 692. The molecule has 1 fully saturated rings. The van der Waals surface area contributed by atoms with Gasteiger partial charge in [0.2, 0.25) is 0 Å². The van der Waals surface area contributed by atoms with E-state index < -0.39 is 0 Å². The zero-order chi connectivity index (χ0) is 16.4. The highest BCUT2D eigenvalue weighted by Gasteiger charge is 2.29. The predicted molar refractivity (Wildman–Crippen MR) is 92.8 cm³/mol. The van der Waals surface area contributed by atoms with Gasteiger partial charge in [-0.3, -0.25) is 9.69 Å². The minimum absolute atomic E-state index is 0.0953. The number of nitrogens with zero attached hydrogens (tertiary/aromatic N) is 2. The number of amides is 1. The predicted octanol–water partition coefficient (Wildman–Crippen LogP) is 3.69. The molecule has 2 aromatic rings. The van der Waals surface area contributed by atoms with Crippen LogP contribution in [0.3, 0.4) is 0 Å². The van der Waals surface area contributed by atoms with Crippen LogP contribution in [0.4, 0.5) is 0 Å². The number of aryl methyl sites for hydroxylation is 1. The number of fused-ring (bicyclic) bond motifs is 1. The van der Waals surface area contributed by atoms with Gasteiger partial charge in [0, 0.05) is 24.5 Å². The monoisotopic (exact) mass is 314 g/mol. The summed E-state index contributed by atoms with van der Waals surface area (Å²) < 4.78 is 5.77. The number of para-hydroxylation sites is 1. The molecule has 23 heavy (non-hydrogen) atoms. The number of hydrogen-bond donors (Lipinski definition) is 0. The number of benzene rings is 1. The molecule has 0 spiro atoms. The first-order valence-corrected chi connectivity index (χ1v) is 8.67. The van der Waals surface area contributed by atoms with Crippen molar-refractivity contribution in [2.24, 2.45) is 0 Å². The van der Waals surface area contributed by atoms with Crippen molar-refractivity contribution in [3.8, 4) is 0 Å². The fourth-order valence-corrected chi connectivity index (χ4v) is 3.72. The normalized spacial score (nSPS) is 18.7. The molecule has 4 heteroatoms. The molecule has 124 valence electrons. The van der Waals surface area contributed by atoms with Crippen LogP contribution in [0.15, 0.2) is 28.7 Å². The molecule has 0 bridgehead atoms. The van der Waals surface area contributed by atoms with Crippen LogP contribution in [0.2, 0.25) is 0 Å². The van der Waals surface area contributed by atoms with Crippen LogP contribution in [0, 0.1) is 6.92 Å². The Kier molecular flexibility index (Phi) is 4.71. The molecule has 1 saturated heterocycles. The van der Waals surface area contributed by atoms with Crippen LogP contribution < -0.4 is 0 Å². The third-order valence-corrected chi connectivity index (χ3v) is 4.99. The van der Waals surface area contributed by atoms with E-state index in [1.54, 1.807) is 0 Å². The quantitative estimate of drug-likeness (QED) is 0.844. The van der Waals surface area contributed by atoms with E-state index in [-0.39, 0.29) is 5.91 Å². The molecule has 0 N–H and O–H groups in total. The lowest BCUT2D eigenvalue weighted by Gasteiger charge is -2.29. The molecule has 1 aliphatic heterocycles. The van der Waals surface area contributed by atoms with Crippen LogP contribution in [0.25, 0.3) is 11.0 Å². The Morgan fingerprint density at radius 3 is 2.87 bits per heavy atom. The average molecular weight is 314 g/mol. The molecule has 0 radical (unpaired) electrons. The van der Waals surface area contributed by atoms with E-state index in [0.29, 0.717) is 11.8 Å². The van der Waals surface area contributed by atoms with E-state index in [0.717, 1.165) is 42.7 Å². The Morgan fingerprint density at radius 1 is 1.35 bits per heavy atom. The van der Waals surface area contributed by atoms with Gasteiger partial charge in [-0.05, 0) is 45.8 Å². The van der Waals surface area contributed by atoms with Crippen molar-refractivity contribution in [1.29, 1.82) is 0 Å². The van der Waals surface area contributed by atoms with Gasteiger partial charge in [-0.25, -0.2) is 0 Å². The average Bonchev–Trinajstić information content (AvgIpc) is 3.14. The maximum absolute atomic E-state index is 13.1. The number of carbonyl (C=O) groups excluding carboxylic acids is 1. The van der Waals surface area contributed by atoms with Gasteiger partial charge in [-0.15, -0.1) is 0 Å². The van der Waals surface area contributed by atoms with Crippen molar-refractivity contribution in [2.45, 2.75) is 39.7 Å². The Morgan fingerprint density at radius 2 is 2.13 bits per heavy atom. The second-order valence-electron chi connectivity index (χ2n) is 6.30. The van der Waals surface area contributed by atoms with Crippen molar-refractivity contribution in [2.75, 3.05) is 26.2 Å². The first-order chi connectivity index (χ1) is 11.2. The summed E-state index contributed by atoms with van der Waals surface area (Å²) in [6.45, 7) is 9.89. The minimum atomic E-state index is 0.0953. The van der Waals surface area contributed by atoms with Gasteiger partial charge < -0.3 is 9.32 Å². The molecule has 2 heterocycles. The zero-order valence-electron chi connectivity index (χ0n) is 14.3. The fourth-order valence-electron chi connectivity index (χ4n) is 3.72. The van der Waals surface area contributed by atoms with Crippen molar-refractivity contribution in [3.63, 3.8) is 0 Å². The number of rotatable bonds is 5. The van der Waals surface area contributed by atoms with Gasteiger partial charge in [0.1, 0.15) is 11.3 Å². The third-order valence-electron chi connectivity index (χ3n) is 4.99. The van der Waals surface area contributed by atoms with Gasteiger partial charge in [-0.1, -0.05) is 25.1 Å². The number of hydrogen-bond acceptors (Lipinski definition) is 3. The SMILES string of the molecule is CCN(CC1CCCN1CC)C(=O)c1c(C)oc2ccccc12. The summed E-state index contributed by atoms with van der Waals surface area (Å²) in [4.78, 5) is 17.6. The van der Waals surface area contributed by atoms with Crippen molar-refractivity contribution in [1.82, 2.24) is 9.80 Å². The highest BCUT2D eigenvalue weighted by molar-refractivity contribution is 6.07. The Balaban J connectivity index is 1.86. The van der Waals surface area contributed by atoms with Gasteiger partial charge in [0.25, 0.3) is 5.91 Å². The molecule has 1 unspecified atom stereocenters. The lowest BCUT2D eigenvalue weighted by molar-refractivity contribution is 0.0717. The zero-order valence-corrected chi connectivity index (χ0v) is 14.3. The highest BCUT2D eigenvalue weighted by atomic mass is 16.3. The summed E-state index contributed by atoms with van der Waals surface area (Å²) >= 11 is 0. The molecule has 1 atom stereocenters. The van der Waals surface area contributed by atoms with E-state index in [2.05, 4.69) is 18.7 Å². The first-order valence-electron chi connectivity index (χ1n) is 8.67. The molecule has 0 aliphatic carbocycles. The van der Waals surface area contributed by atoms with Gasteiger partial charge >= 0.3 is 0 Å².